The van der Waals surface area contributed by atoms with Crippen molar-refractivity contribution in [3.05, 3.63) is 76.3 Å². The summed E-state index contributed by atoms with van der Waals surface area (Å²) in [5.74, 6) is 1.01. The van der Waals surface area contributed by atoms with Crippen LogP contribution in [0, 0.1) is 5.92 Å². The number of carbonyl (C=O) groups excluding carboxylic acids is 1. The van der Waals surface area contributed by atoms with E-state index in [2.05, 4.69) is 19.6 Å². The number of hydrogen-bond donors (Lipinski definition) is 1. The van der Waals surface area contributed by atoms with E-state index in [1.165, 1.54) is 0 Å². The molecule has 0 amide bonds. The van der Waals surface area contributed by atoms with E-state index in [-0.39, 0.29) is 11.5 Å². The van der Waals surface area contributed by atoms with Gasteiger partial charge in [0, 0.05) is 16.2 Å². The highest BCUT2D eigenvalue weighted by Crippen LogP contribution is 2.39. The number of carbonyl (C=O) groups is 1. The molecule has 2 aliphatic rings. The first-order valence-corrected chi connectivity index (χ1v) is 8.33. The van der Waals surface area contributed by atoms with Gasteiger partial charge in [0.2, 0.25) is 0 Å². The molecule has 3 heteroatoms. The lowest BCUT2D eigenvalue weighted by Gasteiger charge is -2.11. The fourth-order valence-electron chi connectivity index (χ4n) is 2.70. The molecule has 1 heterocycles. The number of rotatable bonds is 2. The van der Waals surface area contributed by atoms with Gasteiger partial charge in [-0.05, 0) is 23.5 Å². The number of thioether (sulfide) groups is 1. The van der Waals surface area contributed by atoms with Crippen LogP contribution < -0.4 is 0 Å². The summed E-state index contributed by atoms with van der Waals surface area (Å²) < 4.78 is 0. The first-order chi connectivity index (χ1) is 10.6. The zero-order chi connectivity index (χ0) is 15.7. The van der Waals surface area contributed by atoms with E-state index < -0.39 is 0 Å². The van der Waals surface area contributed by atoms with E-state index >= 15 is 0 Å². The zero-order valence-corrected chi connectivity index (χ0v) is 13.3. The highest BCUT2D eigenvalue weighted by molar-refractivity contribution is 8.02. The van der Waals surface area contributed by atoms with E-state index in [9.17, 15) is 9.90 Å². The molecule has 0 fully saturated rings. The Kier molecular flexibility index (Phi) is 4.08. The van der Waals surface area contributed by atoms with Gasteiger partial charge in [-0.3, -0.25) is 4.79 Å². The van der Waals surface area contributed by atoms with E-state index in [4.69, 9.17) is 0 Å². The standard InChI is InChI=1S/C19H18O2S/c1-3-4-13-7-8-14-11-22-16-10-6-12(2)5-9-15(16)19(21)17(14)18(13)20/h3,5-10,12,20H,1,4,11H2,2H3/t12-/m1/s1. The maximum absolute atomic E-state index is 13.0. The maximum atomic E-state index is 13.0. The molecule has 1 aliphatic heterocycles. The topological polar surface area (TPSA) is 37.3 Å². The average molecular weight is 310 g/mol. The van der Waals surface area contributed by atoms with Gasteiger partial charge in [-0.25, -0.2) is 0 Å². The molecule has 3 rings (SSSR count). The Morgan fingerprint density at radius 2 is 2.14 bits per heavy atom. The fraction of sp³-hybridized carbons (Fsp3) is 0.211. The van der Waals surface area contributed by atoms with Crippen LogP contribution in [-0.4, -0.2) is 10.9 Å². The molecule has 1 aromatic rings. The molecular formula is C19H18O2S. The smallest absolute Gasteiger partial charge is 0.198 e. The maximum Gasteiger partial charge on any atom is 0.198 e. The highest BCUT2D eigenvalue weighted by Gasteiger charge is 2.26. The van der Waals surface area contributed by atoms with E-state index in [1.54, 1.807) is 17.8 Å². The molecule has 0 spiro atoms. The predicted molar refractivity (Wildman–Crippen MR) is 92.1 cm³/mol. The van der Waals surface area contributed by atoms with Crippen LogP contribution in [-0.2, 0) is 12.2 Å². The van der Waals surface area contributed by atoms with Crippen molar-refractivity contribution in [1.82, 2.24) is 0 Å². The van der Waals surface area contributed by atoms with E-state index in [0.29, 0.717) is 29.2 Å². The minimum Gasteiger partial charge on any atom is -0.507 e. The number of ketones is 1. The van der Waals surface area contributed by atoms with Crippen LogP contribution in [0.25, 0.3) is 0 Å². The molecule has 112 valence electrons. The van der Waals surface area contributed by atoms with Crippen molar-refractivity contribution < 1.29 is 9.90 Å². The Labute approximate surface area is 134 Å². The number of benzene rings is 1. The highest BCUT2D eigenvalue weighted by atomic mass is 32.2. The third-order valence-electron chi connectivity index (χ3n) is 3.95. The Morgan fingerprint density at radius 3 is 2.91 bits per heavy atom. The number of phenolic OH excluding ortho intramolecular Hbond substituents is 1. The van der Waals surface area contributed by atoms with Crippen LogP contribution in [0.4, 0.5) is 0 Å². The van der Waals surface area contributed by atoms with Crippen molar-refractivity contribution >= 4 is 17.5 Å². The molecule has 0 bridgehead atoms. The van der Waals surface area contributed by atoms with Gasteiger partial charge in [0.15, 0.2) is 5.78 Å². The summed E-state index contributed by atoms with van der Waals surface area (Å²) >= 11 is 1.65. The number of hydrogen-bond acceptors (Lipinski definition) is 3. The molecule has 22 heavy (non-hydrogen) atoms. The summed E-state index contributed by atoms with van der Waals surface area (Å²) in [6.07, 6.45) is 10.3. The Bertz CT molecular complexity index is 738. The molecule has 0 unspecified atom stereocenters. The van der Waals surface area contributed by atoms with Crippen molar-refractivity contribution in [3.63, 3.8) is 0 Å². The minimum absolute atomic E-state index is 0.0894. The van der Waals surface area contributed by atoms with Crippen molar-refractivity contribution in [2.75, 3.05) is 0 Å². The van der Waals surface area contributed by atoms with Gasteiger partial charge in [-0.2, -0.15) is 0 Å². The number of fused-ring (bicyclic) bond motifs is 1. The molecule has 1 atom stereocenters. The van der Waals surface area contributed by atoms with E-state index in [1.807, 2.05) is 30.4 Å². The lowest BCUT2D eigenvalue weighted by Crippen LogP contribution is -2.06. The van der Waals surface area contributed by atoms with Gasteiger partial charge in [-0.1, -0.05) is 49.4 Å². The molecule has 1 N–H and O–H groups in total. The summed E-state index contributed by atoms with van der Waals surface area (Å²) in [5.41, 5.74) is 2.76. The minimum atomic E-state index is -0.0894. The summed E-state index contributed by atoms with van der Waals surface area (Å²) in [6.45, 7) is 5.79. The van der Waals surface area contributed by atoms with Crippen molar-refractivity contribution in [2.45, 2.75) is 19.1 Å². The number of Topliss-reactive ketones (excluding diaryl/α,β-unsaturated/α-hetero) is 1. The first-order valence-electron chi connectivity index (χ1n) is 7.34. The third-order valence-corrected chi connectivity index (χ3v) is 5.07. The van der Waals surface area contributed by atoms with Crippen LogP contribution in [0.15, 0.2) is 59.6 Å². The third kappa shape index (κ3) is 2.57. The molecule has 2 nitrogen and oxygen atoms in total. The fourth-order valence-corrected chi connectivity index (χ4v) is 3.74. The number of aromatic hydroxyl groups is 1. The van der Waals surface area contributed by atoms with Gasteiger partial charge in [0.05, 0.1) is 5.56 Å². The average Bonchev–Trinajstić information content (AvgIpc) is 2.76. The molecular weight excluding hydrogens is 292 g/mol. The second-order valence-electron chi connectivity index (χ2n) is 5.57. The number of allylic oxidation sites excluding steroid dienone is 6. The molecule has 0 radical (unpaired) electrons. The van der Waals surface area contributed by atoms with E-state index in [0.717, 1.165) is 16.0 Å². The summed E-state index contributed by atoms with van der Waals surface area (Å²) in [6, 6.07) is 3.83. The largest absolute Gasteiger partial charge is 0.507 e. The molecule has 0 aromatic heterocycles. The van der Waals surface area contributed by atoms with Crippen LogP contribution in [0.2, 0.25) is 0 Å². The SMILES string of the molecule is C=CCc1ccc2c(c1O)C(=O)C1=C(C=C[C@H](C)C=C1)SC2. The quantitative estimate of drug-likeness (QED) is 0.813. The molecule has 1 aromatic carbocycles. The van der Waals surface area contributed by atoms with Crippen LogP contribution >= 0.6 is 11.8 Å². The van der Waals surface area contributed by atoms with Crippen LogP contribution in [0.5, 0.6) is 5.75 Å². The lowest BCUT2D eigenvalue weighted by molar-refractivity contribution is 0.103. The van der Waals surface area contributed by atoms with Crippen molar-refractivity contribution in [3.8, 4) is 5.75 Å². The van der Waals surface area contributed by atoms with Crippen molar-refractivity contribution in [1.29, 1.82) is 0 Å². The lowest BCUT2D eigenvalue weighted by atomic mass is 9.94. The Balaban J connectivity index is 2.14. The Morgan fingerprint density at radius 1 is 1.36 bits per heavy atom. The van der Waals surface area contributed by atoms with Gasteiger partial charge >= 0.3 is 0 Å². The van der Waals surface area contributed by atoms with Crippen LogP contribution in [0.3, 0.4) is 0 Å². The summed E-state index contributed by atoms with van der Waals surface area (Å²) in [4.78, 5) is 13.9. The molecule has 0 saturated carbocycles. The van der Waals surface area contributed by atoms with Crippen LogP contribution in [0.1, 0.15) is 28.4 Å². The van der Waals surface area contributed by atoms with Gasteiger partial charge in [0.25, 0.3) is 0 Å². The molecule has 1 aliphatic carbocycles. The normalized spacial score (nSPS) is 20.2. The summed E-state index contributed by atoms with van der Waals surface area (Å²) in [5, 5.41) is 10.5. The summed E-state index contributed by atoms with van der Waals surface area (Å²) in [7, 11) is 0. The Hall–Kier alpha value is -2.00. The zero-order valence-electron chi connectivity index (χ0n) is 12.5. The second-order valence-corrected chi connectivity index (χ2v) is 6.59. The monoisotopic (exact) mass is 310 g/mol. The van der Waals surface area contributed by atoms with Gasteiger partial charge in [0.1, 0.15) is 5.75 Å². The first kappa shape index (κ1) is 14.9. The van der Waals surface area contributed by atoms with Gasteiger partial charge < -0.3 is 5.11 Å². The predicted octanol–water partition coefficient (Wildman–Crippen LogP) is 4.57. The molecule has 0 saturated heterocycles. The number of phenols is 1. The van der Waals surface area contributed by atoms with Crippen molar-refractivity contribution in [2.24, 2.45) is 5.92 Å². The van der Waals surface area contributed by atoms with Gasteiger partial charge in [-0.15, -0.1) is 18.3 Å². The second kappa shape index (κ2) is 6.01.